The Bertz CT molecular complexity index is 654. The van der Waals surface area contributed by atoms with Crippen LogP contribution in [0.25, 0.3) is 11.0 Å². The Morgan fingerprint density at radius 3 is 2.59 bits per heavy atom. The van der Waals surface area contributed by atoms with Crippen LogP contribution in [0.4, 0.5) is 10.6 Å². The van der Waals surface area contributed by atoms with E-state index in [4.69, 9.17) is 24.8 Å². The van der Waals surface area contributed by atoms with Crippen LogP contribution in [0.5, 0.6) is 0 Å². The SMILES string of the molecule is Cc1c(Br)ccc2onc(NCCC#N)c12.O=C([O-])[O-].[Cs+].[Cs+]. The summed E-state index contributed by atoms with van der Waals surface area (Å²) < 4.78 is 6.22. The number of aromatic nitrogens is 1. The van der Waals surface area contributed by atoms with E-state index >= 15 is 0 Å². The molecule has 7 nitrogen and oxygen atoms in total. The molecule has 0 aliphatic heterocycles. The maximum absolute atomic E-state index is 8.47. The van der Waals surface area contributed by atoms with Crippen LogP contribution in [-0.4, -0.2) is 17.9 Å². The van der Waals surface area contributed by atoms with E-state index in [2.05, 4.69) is 32.5 Å². The number of nitriles is 1. The molecule has 0 unspecified atom stereocenters. The van der Waals surface area contributed by atoms with Crippen LogP contribution in [0.15, 0.2) is 21.1 Å². The number of hydrogen-bond acceptors (Lipinski definition) is 7. The Kier molecular flexibility index (Phi) is 16.6. The maximum Gasteiger partial charge on any atom is 1.00 e. The van der Waals surface area contributed by atoms with Crippen molar-refractivity contribution in [3.8, 4) is 6.07 Å². The number of carboxylic acid groups (broad SMARTS) is 2. The van der Waals surface area contributed by atoms with E-state index in [-0.39, 0.29) is 138 Å². The van der Waals surface area contributed by atoms with Crippen LogP contribution in [0, 0.1) is 18.3 Å². The van der Waals surface area contributed by atoms with Gasteiger partial charge >= 0.3 is 138 Å². The van der Waals surface area contributed by atoms with Crippen LogP contribution < -0.4 is 153 Å². The number of carbonyl (C=O) groups excluding carboxylic acids is 1. The summed E-state index contributed by atoms with van der Waals surface area (Å²) in [5, 5.41) is 33.1. The minimum absolute atomic E-state index is 0. The molecule has 1 N–H and O–H groups in total. The van der Waals surface area contributed by atoms with Gasteiger partial charge < -0.3 is 24.8 Å². The van der Waals surface area contributed by atoms with Gasteiger partial charge in [0.2, 0.25) is 0 Å². The summed E-state index contributed by atoms with van der Waals surface area (Å²) in [5.74, 6) is 0.698. The number of benzene rings is 1. The summed E-state index contributed by atoms with van der Waals surface area (Å²) in [6.07, 6.45) is -1.89. The van der Waals surface area contributed by atoms with Crippen molar-refractivity contribution in [1.29, 1.82) is 5.26 Å². The molecule has 0 spiro atoms. The third-order valence-corrected chi connectivity index (χ3v) is 3.22. The van der Waals surface area contributed by atoms with Crippen molar-refractivity contribution in [3.05, 3.63) is 22.2 Å². The Labute approximate surface area is 253 Å². The van der Waals surface area contributed by atoms with Gasteiger partial charge in [-0.15, -0.1) is 0 Å². The molecule has 0 radical (unpaired) electrons. The van der Waals surface area contributed by atoms with Crippen molar-refractivity contribution in [3.63, 3.8) is 0 Å². The van der Waals surface area contributed by atoms with Crippen LogP contribution in [0.2, 0.25) is 0 Å². The normalized spacial score (nSPS) is 8.59. The molecular weight excluding hydrogens is 596 g/mol. The number of fused-ring (bicyclic) bond motifs is 1. The molecule has 0 saturated heterocycles. The number of anilines is 1. The molecule has 22 heavy (non-hydrogen) atoms. The Hall–Kier alpha value is 1.83. The minimum Gasteiger partial charge on any atom is -0.652 e. The topological polar surface area (TPSA) is 125 Å². The molecule has 10 heteroatoms. The van der Waals surface area contributed by atoms with Gasteiger partial charge in [0.25, 0.3) is 0 Å². The van der Waals surface area contributed by atoms with E-state index in [0.29, 0.717) is 18.8 Å². The maximum atomic E-state index is 8.47. The largest absolute Gasteiger partial charge is 1.00 e. The summed E-state index contributed by atoms with van der Waals surface area (Å²) in [4.78, 5) is 8.33. The summed E-state index contributed by atoms with van der Waals surface area (Å²) in [6, 6.07) is 5.88. The number of rotatable bonds is 3. The van der Waals surface area contributed by atoms with Crippen molar-refractivity contribution in [1.82, 2.24) is 5.16 Å². The molecule has 1 aromatic heterocycles. The predicted molar refractivity (Wildman–Crippen MR) is 70.6 cm³/mol. The monoisotopic (exact) mass is 605 g/mol. The van der Waals surface area contributed by atoms with E-state index < -0.39 is 6.16 Å². The van der Waals surface area contributed by atoms with Gasteiger partial charge in [0, 0.05) is 11.0 Å². The summed E-state index contributed by atoms with van der Waals surface area (Å²) in [5.41, 5.74) is 1.83. The van der Waals surface area contributed by atoms with Gasteiger partial charge in [-0.1, -0.05) is 21.1 Å². The van der Waals surface area contributed by atoms with Crippen molar-refractivity contribution in [2.24, 2.45) is 0 Å². The van der Waals surface area contributed by atoms with E-state index in [0.717, 1.165) is 21.0 Å². The van der Waals surface area contributed by atoms with E-state index in [1.165, 1.54) is 0 Å². The van der Waals surface area contributed by atoms with Gasteiger partial charge in [0.05, 0.1) is 17.9 Å². The first-order valence-corrected chi connectivity index (χ1v) is 6.30. The molecule has 0 atom stereocenters. The summed E-state index contributed by atoms with van der Waals surface area (Å²) >= 11 is 3.47. The molecule has 0 saturated carbocycles. The Balaban J connectivity index is 0. The second-order valence-electron chi connectivity index (χ2n) is 3.66. The fraction of sp³-hybridized carbons (Fsp3) is 0.250. The number of carbonyl (C=O) groups is 1. The molecular formula is C12H10BrCs2N3O4. The van der Waals surface area contributed by atoms with E-state index in [1.807, 2.05) is 19.1 Å². The van der Waals surface area contributed by atoms with Crippen molar-refractivity contribution >= 4 is 38.9 Å². The zero-order valence-electron chi connectivity index (χ0n) is 12.5. The first kappa shape index (κ1) is 26.1. The van der Waals surface area contributed by atoms with Crippen molar-refractivity contribution in [2.75, 3.05) is 11.9 Å². The van der Waals surface area contributed by atoms with Crippen molar-refractivity contribution in [2.45, 2.75) is 13.3 Å². The minimum atomic E-state index is -2.33. The zero-order valence-corrected chi connectivity index (χ0v) is 26.6. The predicted octanol–water partition coefficient (Wildman–Crippen LogP) is -5.21. The average Bonchev–Trinajstić information content (AvgIpc) is 2.78. The third-order valence-electron chi connectivity index (χ3n) is 2.36. The molecule has 0 amide bonds. The number of hydrogen-bond donors (Lipinski definition) is 1. The standard InChI is InChI=1S/C11H10BrN3O.CH2O3.2Cs/c1-7-8(12)3-4-9-10(7)11(15-16-9)14-6-2-5-13;2-1(3)4;;/h3-4H,2,6H2,1H3,(H,14,15);(H2,2,3,4);;/q;;2*+1/p-2. The molecule has 1 aromatic carbocycles. The first-order valence-electron chi connectivity index (χ1n) is 5.50. The molecule has 106 valence electrons. The Morgan fingerprint density at radius 1 is 1.45 bits per heavy atom. The second-order valence-corrected chi connectivity index (χ2v) is 4.52. The summed E-state index contributed by atoms with van der Waals surface area (Å²) in [6.45, 7) is 2.57. The molecule has 0 fully saturated rings. The summed E-state index contributed by atoms with van der Waals surface area (Å²) in [7, 11) is 0. The number of nitrogens with one attached hydrogen (secondary N) is 1. The van der Waals surface area contributed by atoms with Crippen LogP contribution in [-0.2, 0) is 0 Å². The van der Waals surface area contributed by atoms with Crippen LogP contribution in [0.3, 0.4) is 0 Å². The van der Waals surface area contributed by atoms with Crippen LogP contribution in [0.1, 0.15) is 12.0 Å². The first-order chi connectivity index (χ1) is 9.47. The van der Waals surface area contributed by atoms with Gasteiger partial charge in [-0.2, -0.15) is 5.26 Å². The van der Waals surface area contributed by atoms with Crippen LogP contribution >= 0.6 is 15.9 Å². The number of nitrogens with zero attached hydrogens (tertiary/aromatic N) is 2. The molecule has 2 aromatic rings. The van der Waals surface area contributed by atoms with Gasteiger partial charge in [-0.05, 0) is 30.8 Å². The third kappa shape index (κ3) is 8.79. The zero-order chi connectivity index (χ0) is 15.1. The number of aryl methyl sites for hydroxylation is 1. The molecule has 1 heterocycles. The van der Waals surface area contributed by atoms with E-state index in [9.17, 15) is 0 Å². The molecule has 0 aliphatic rings. The second kappa shape index (κ2) is 14.1. The fourth-order valence-corrected chi connectivity index (χ4v) is 1.86. The van der Waals surface area contributed by atoms with E-state index in [1.54, 1.807) is 0 Å². The number of halogens is 1. The van der Waals surface area contributed by atoms with Gasteiger partial charge in [-0.3, -0.25) is 0 Å². The Morgan fingerprint density at radius 2 is 2.05 bits per heavy atom. The fourth-order valence-electron chi connectivity index (χ4n) is 1.53. The smallest absolute Gasteiger partial charge is 0.652 e. The van der Waals surface area contributed by atoms with Crippen molar-refractivity contribution < 1.29 is 157 Å². The quantitative estimate of drug-likeness (QED) is 0.347. The van der Waals surface area contributed by atoms with Gasteiger partial charge in [-0.25, -0.2) is 0 Å². The molecule has 2 rings (SSSR count). The van der Waals surface area contributed by atoms with Gasteiger partial charge in [0.1, 0.15) is 0 Å². The van der Waals surface area contributed by atoms with Gasteiger partial charge in [0.15, 0.2) is 11.4 Å². The molecule has 0 bridgehead atoms. The average molecular weight is 606 g/mol. The molecule has 0 aliphatic carbocycles.